The minimum absolute atomic E-state index is 0.131. The molecule has 1 aliphatic heterocycles. The van der Waals surface area contributed by atoms with Gasteiger partial charge in [0.05, 0.1) is 6.61 Å². The Morgan fingerprint density at radius 1 is 1.00 bits per heavy atom. The van der Waals surface area contributed by atoms with Gasteiger partial charge in [-0.1, -0.05) is 23.3 Å². The van der Waals surface area contributed by atoms with Crippen molar-refractivity contribution in [3.8, 4) is 0 Å². The Morgan fingerprint density at radius 3 is 2.26 bits per heavy atom. The van der Waals surface area contributed by atoms with E-state index >= 15 is 0 Å². The number of likely N-dealkylation sites (tertiary alicyclic amines) is 1. The van der Waals surface area contributed by atoms with Crippen LogP contribution in [0.1, 0.15) is 65.7 Å². The average Bonchev–Trinajstić information content (AvgIpc) is 2.53. The van der Waals surface area contributed by atoms with Crippen molar-refractivity contribution in [1.29, 1.82) is 0 Å². The van der Waals surface area contributed by atoms with E-state index in [-0.39, 0.29) is 12.5 Å². The predicted octanol–water partition coefficient (Wildman–Crippen LogP) is 4.39. The highest BCUT2D eigenvalue weighted by molar-refractivity contribution is 5.88. The lowest BCUT2D eigenvalue weighted by Crippen LogP contribution is -2.34. The van der Waals surface area contributed by atoms with Crippen LogP contribution in [-0.4, -0.2) is 35.6 Å². The molecule has 0 radical (unpaired) electrons. The number of hydrogen-bond acceptors (Lipinski definition) is 2. The highest BCUT2D eigenvalue weighted by Gasteiger charge is 2.14. The molecule has 1 fully saturated rings. The molecule has 0 atom stereocenters. The molecule has 0 unspecified atom stereocenters. The van der Waals surface area contributed by atoms with Crippen molar-refractivity contribution in [2.24, 2.45) is 0 Å². The topological polar surface area (TPSA) is 40.5 Å². The Labute approximate surface area is 141 Å². The van der Waals surface area contributed by atoms with Gasteiger partial charge in [-0.2, -0.15) is 0 Å². The predicted molar refractivity (Wildman–Crippen MR) is 97.3 cm³/mol. The molecule has 23 heavy (non-hydrogen) atoms. The number of aliphatic hydroxyl groups is 1. The lowest BCUT2D eigenvalue weighted by Gasteiger charge is -2.25. The van der Waals surface area contributed by atoms with E-state index in [4.69, 9.17) is 0 Å². The molecule has 1 amide bonds. The fourth-order valence-electron chi connectivity index (χ4n) is 2.78. The maximum Gasteiger partial charge on any atom is 0.246 e. The molecular weight excluding hydrogens is 286 g/mol. The zero-order valence-corrected chi connectivity index (χ0v) is 15.1. The standard InChI is InChI=1S/C20H33NO2/c1-17(2)9-7-11-19(16-22)12-8-10-18(3)15-20(23)21-13-5-4-6-14-21/h9,12,15,22H,4-8,10-11,13-14,16H2,1-3H3. The summed E-state index contributed by atoms with van der Waals surface area (Å²) in [6.45, 7) is 8.15. The molecule has 0 saturated carbocycles. The van der Waals surface area contributed by atoms with Gasteiger partial charge in [-0.25, -0.2) is 0 Å². The van der Waals surface area contributed by atoms with Crippen LogP contribution < -0.4 is 0 Å². The second-order valence-electron chi connectivity index (χ2n) is 6.76. The van der Waals surface area contributed by atoms with Crippen LogP contribution >= 0.6 is 0 Å². The summed E-state index contributed by atoms with van der Waals surface area (Å²) >= 11 is 0. The molecule has 0 spiro atoms. The second kappa shape index (κ2) is 11.2. The Balaban J connectivity index is 2.38. The van der Waals surface area contributed by atoms with E-state index < -0.39 is 0 Å². The fraction of sp³-hybridized carbons (Fsp3) is 0.650. The van der Waals surface area contributed by atoms with Crippen molar-refractivity contribution >= 4 is 5.91 Å². The van der Waals surface area contributed by atoms with Crippen molar-refractivity contribution in [1.82, 2.24) is 4.90 Å². The summed E-state index contributed by atoms with van der Waals surface area (Å²) in [6, 6.07) is 0. The number of nitrogens with zero attached hydrogens (tertiary/aromatic N) is 1. The SMILES string of the molecule is CC(C)=CCCC(=CCCC(C)=CC(=O)N1CCCCC1)CO. The third-order valence-corrected chi connectivity index (χ3v) is 4.23. The number of carbonyl (C=O) groups excluding carboxylic acids is 1. The van der Waals surface area contributed by atoms with Crippen LogP contribution in [-0.2, 0) is 4.79 Å². The van der Waals surface area contributed by atoms with Gasteiger partial charge in [-0.3, -0.25) is 4.79 Å². The van der Waals surface area contributed by atoms with Gasteiger partial charge in [0.25, 0.3) is 0 Å². The van der Waals surface area contributed by atoms with Gasteiger partial charge in [0.1, 0.15) is 0 Å². The van der Waals surface area contributed by atoms with E-state index in [2.05, 4.69) is 26.0 Å². The average molecular weight is 319 g/mol. The zero-order chi connectivity index (χ0) is 17.1. The normalized spacial score (nSPS) is 16.4. The highest BCUT2D eigenvalue weighted by Crippen LogP contribution is 2.13. The zero-order valence-electron chi connectivity index (χ0n) is 15.1. The van der Waals surface area contributed by atoms with Gasteiger partial charge in [0, 0.05) is 19.2 Å². The third-order valence-electron chi connectivity index (χ3n) is 4.23. The van der Waals surface area contributed by atoms with E-state index in [0.29, 0.717) is 0 Å². The van der Waals surface area contributed by atoms with Crippen LogP contribution in [0.15, 0.2) is 34.9 Å². The Hall–Kier alpha value is -1.35. The first-order valence-corrected chi connectivity index (χ1v) is 8.91. The Kier molecular flexibility index (Phi) is 9.61. The molecule has 1 rings (SSSR count). The van der Waals surface area contributed by atoms with Gasteiger partial charge in [0.2, 0.25) is 5.91 Å². The maximum absolute atomic E-state index is 12.2. The number of aliphatic hydroxyl groups excluding tert-OH is 1. The summed E-state index contributed by atoms with van der Waals surface area (Å²) in [6.07, 6.45) is 13.3. The highest BCUT2D eigenvalue weighted by atomic mass is 16.3. The second-order valence-corrected chi connectivity index (χ2v) is 6.76. The van der Waals surface area contributed by atoms with Crippen LogP contribution in [0.25, 0.3) is 0 Å². The van der Waals surface area contributed by atoms with Crippen molar-refractivity contribution in [3.63, 3.8) is 0 Å². The minimum atomic E-state index is 0.131. The molecule has 1 aliphatic rings. The summed E-state index contributed by atoms with van der Waals surface area (Å²) < 4.78 is 0. The first-order chi connectivity index (χ1) is 11.0. The van der Waals surface area contributed by atoms with Gasteiger partial charge in [-0.05, 0) is 71.3 Å². The molecule has 1 N–H and O–H groups in total. The summed E-state index contributed by atoms with van der Waals surface area (Å²) in [7, 11) is 0. The molecule has 0 bridgehead atoms. The lowest BCUT2D eigenvalue weighted by atomic mass is 10.1. The van der Waals surface area contributed by atoms with Crippen LogP contribution in [0.4, 0.5) is 0 Å². The van der Waals surface area contributed by atoms with Gasteiger partial charge >= 0.3 is 0 Å². The van der Waals surface area contributed by atoms with Crippen LogP contribution in [0.3, 0.4) is 0 Å². The van der Waals surface area contributed by atoms with Crippen molar-refractivity contribution in [3.05, 3.63) is 34.9 Å². The number of hydrogen-bond donors (Lipinski definition) is 1. The van der Waals surface area contributed by atoms with E-state index in [0.717, 1.165) is 62.8 Å². The first-order valence-electron chi connectivity index (χ1n) is 8.91. The van der Waals surface area contributed by atoms with Crippen LogP contribution in [0.2, 0.25) is 0 Å². The molecule has 0 aromatic carbocycles. The number of piperidine rings is 1. The summed E-state index contributed by atoms with van der Waals surface area (Å²) in [5.41, 5.74) is 3.54. The number of amides is 1. The number of allylic oxidation sites excluding steroid dienone is 4. The van der Waals surface area contributed by atoms with Crippen molar-refractivity contribution in [2.75, 3.05) is 19.7 Å². The molecule has 1 saturated heterocycles. The summed E-state index contributed by atoms with van der Waals surface area (Å²) in [5, 5.41) is 9.41. The van der Waals surface area contributed by atoms with Crippen molar-refractivity contribution in [2.45, 2.75) is 65.7 Å². The Morgan fingerprint density at radius 2 is 1.65 bits per heavy atom. The van der Waals surface area contributed by atoms with Crippen molar-refractivity contribution < 1.29 is 9.90 Å². The fourth-order valence-corrected chi connectivity index (χ4v) is 2.78. The molecule has 0 aliphatic carbocycles. The Bertz CT molecular complexity index is 450. The van der Waals surface area contributed by atoms with Gasteiger partial charge in [0.15, 0.2) is 0 Å². The third kappa shape index (κ3) is 8.75. The van der Waals surface area contributed by atoms with Gasteiger partial charge < -0.3 is 10.0 Å². The molecule has 130 valence electrons. The van der Waals surface area contributed by atoms with Crippen LogP contribution in [0.5, 0.6) is 0 Å². The molecular formula is C20H33NO2. The van der Waals surface area contributed by atoms with E-state index in [1.807, 2.05) is 11.8 Å². The van der Waals surface area contributed by atoms with E-state index in [9.17, 15) is 9.90 Å². The molecule has 0 aromatic heterocycles. The molecule has 1 heterocycles. The number of rotatable bonds is 8. The smallest absolute Gasteiger partial charge is 0.246 e. The summed E-state index contributed by atoms with van der Waals surface area (Å²) in [5.74, 6) is 0.164. The molecule has 3 nitrogen and oxygen atoms in total. The monoisotopic (exact) mass is 319 g/mol. The molecule has 3 heteroatoms. The lowest BCUT2D eigenvalue weighted by molar-refractivity contribution is -0.126. The summed E-state index contributed by atoms with van der Waals surface area (Å²) in [4.78, 5) is 14.1. The first kappa shape index (κ1) is 19.7. The van der Waals surface area contributed by atoms with Gasteiger partial charge in [-0.15, -0.1) is 0 Å². The molecule has 0 aromatic rings. The maximum atomic E-state index is 12.2. The van der Waals surface area contributed by atoms with E-state index in [1.54, 1.807) is 6.08 Å². The largest absolute Gasteiger partial charge is 0.392 e. The van der Waals surface area contributed by atoms with Crippen LogP contribution in [0, 0.1) is 0 Å². The number of carbonyl (C=O) groups is 1. The quantitative estimate of drug-likeness (QED) is 0.532. The minimum Gasteiger partial charge on any atom is -0.392 e. The van der Waals surface area contributed by atoms with E-state index in [1.165, 1.54) is 12.0 Å².